The molecule has 0 aliphatic rings. The first-order valence-corrected chi connectivity index (χ1v) is 12.0. The summed E-state index contributed by atoms with van der Waals surface area (Å²) in [6.45, 7) is 7.70. The summed E-state index contributed by atoms with van der Waals surface area (Å²) in [5.74, 6) is 2.41. The van der Waals surface area contributed by atoms with Gasteiger partial charge in [-0.25, -0.2) is 9.97 Å². The molecule has 0 saturated heterocycles. The normalized spacial score (nSPS) is 12.0. The van der Waals surface area contributed by atoms with E-state index in [9.17, 15) is 0 Å². The maximum absolute atomic E-state index is 5.95. The van der Waals surface area contributed by atoms with E-state index in [1.54, 1.807) is 12.5 Å². The Kier molecular flexibility index (Phi) is 5.29. The Bertz CT molecular complexity index is 1650. The van der Waals surface area contributed by atoms with E-state index in [0.717, 1.165) is 56.6 Å². The molecule has 0 unspecified atom stereocenters. The van der Waals surface area contributed by atoms with Crippen molar-refractivity contribution in [3.8, 4) is 28.4 Å². The van der Waals surface area contributed by atoms with Gasteiger partial charge >= 0.3 is 0 Å². The number of hydrogen-bond acceptors (Lipinski definition) is 5. The minimum atomic E-state index is -0.0911. The number of aromatic amines is 2. The van der Waals surface area contributed by atoms with Gasteiger partial charge in [-0.05, 0) is 47.2 Å². The zero-order valence-electron chi connectivity index (χ0n) is 20.5. The van der Waals surface area contributed by atoms with Crippen molar-refractivity contribution in [2.45, 2.75) is 32.7 Å². The Labute approximate surface area is 208 Å². The lowest BCUT2D eigenvalue weighted by Gasteiger charge is -2.12. The van der Waals surface area contributed by atoms with E-state index in [-0.39, 0.29) is 5.41 Å². The summed E-state index contributed by atoms with van der Waals surface area (Å²) in [5.41, 5.74) is 3.79. The average molecular weight is 478 g/mol. The third kappa shape index (κ3) is 4.22. The first-order chi connectivity index (χ1) is 17.4. The van der Waals surface area contributed by atoms with Crippen LogP contribution in [0.3, 0.4) is 0 Å². The highest BCUT2D eigenvalue weighted by atomic mass is 16.5. The number of nitrogens with zero attached hydrogens (tertiary/aromatic N) is 5. The minimum Gasteiger partial charge on any atom is -0.492 e. The standard InChI is InChI=1S/C28H27N7O/c1-28(2,3)27-30-26(33-34-27)21-7-9-24-23(16-21)25(32-31-24)20-5-4-19-15-22(8-6-18(19)14-20)36-13-12-35-11-10-29-17-35/h4-11,14-17H,12-13H2,1-3H3,(H,31,32)(H,30,33,34). The number of ether oxygens (including phenoxy) is 1. The Hall–Kier alpha value is -4.46. The molecule has 6 rings (SSSR count). The summed E-state index contributed by atoms with van der Waals surface area (Å²) in [4.78, 5) is 8.78. The lowest BCUT2D eigenvalue weighted by Crippen LogP contribution is -2.13. The van der Waals surface area contributed by atoms with Crippen molar-refractivity contribution in [2.24, 2.45) is 0 Å². The first kappa shape index (κ1) is 22.0. The molecule has 8 heteroatoms. The summed E-state index contributed by atoms with van der Waals surface area (Å²) >= 11 is 0. The van der Waals surface area contributed by atoms with E-state index in [4.69, 9.17) is 9.72 Å². The fourth-order valence-corrected chi connectivity index (χ4v) is 4.25. The van der Waals surface area contributed by atoms with E-state index in [2.05, 4.69) is 82.5 Å². The molecule has 180 valence electrons. The van der Waals surface area contributed by atoms with Crippen molar-refractivity contribution < 1.29 is 4.74 Å². The molecule has 8 nitrogen and oxygen atoms in total. The Morgan fingerprint density at radius 1 is 0.889 bits per heavy atom. The molecule has 0 radical (unpaired) electrons. The number of rotatable bonds is 6. The van der Waals surface area contributed by atoms with E-state index < -0.39 is 0 Å². The Balaban J connectivity index is 1.27. The van der Waals surface area contributed by atoms with Crippen LogP contribution in [0.2, 0.25) is 0 Å². The topological polar surface area (TPSA) is 97.3 Å². The van der Waals surface area contributed by atoms with Gasteiger partial charge in [-0.3, -0.25) is 10.2 Å². The maximum atomic E-state index is 5.95. The second kappa shape index (κ2) is 8.64. The highest BCUT2D eigenvalue weighted by Gasteiger charge is 2.19. The molecule has 2 N–H and O–H groups in total. The number of hydrogen-bond donors (Lipinski definition) is 2. The lowest BCUT2D eigenvalue weighted by molar-refractivity contribution is 0.298. The van der Waals surface area contributed by atoms with Crippen molar-refractivity contribution in [3.05, 3.63) is 79.1 Å². The van der Waals surface area contributed by atoms with E-state index in [1.165, 1.54) is 0 Å². The second-order valence-corrected chi connectivity index (χ2v) is 9.96. The number of imidazole rings is 1. The summed E-state index contributed by atoms with van der Waals surface area (Å²) in [6, 6.07) is 18.7. The molecular formula is C28H27N7O. The summed E-state index contributed by atoms with van der Waals surface area (Å²) < 4.78 is 7.94. The third-order valence-electron chi connectivity index (χ3n) is 6.28. The van der Waals surface area contributed by atoms with Gasteiger partial charge in [-0.1, -0.05) is 39.0 Å². The van der Waals surface area contributed by atoms with E-state index in [1.807, 2.05) is 29.0 Å². The maximum Gasteiger partial charge on any atom is 0.181 e. The second-order valence-electron chi connectivity index (χ2n) is 9.96. The number of aromatic nitrogens is 7. The van der Waals surface area contributed by atoms with Crippen LogP contribution in [0.1, 0.15) is 26.6 Å². The number of fused-ring (bicyclic) bond motifs is 2. The van der Waals surface area contributed by atoms with Crippen molar-refractivity contribution in [3.63, 3.8) is 0 Å². The van der Waals surface area contributed by atoms with E-state index in [0.29, 0.717) is 12.4 Å². The number of nitrogens with one attached hydrogen (secondary N) is 2. The van der Waals surface area contributed by atoms with Crippen molar-refractivity contribution in [2.75, 3.05) is 6.61 Å². The van der Waals surface area contributed by atoms with E-state index >= 15 is 0 Å². The molecule has 3 aromatic carbocycles. The van der Waals surface area contributed by atoms with Gasteiger partial charge in [0.05, 0.1) is 24.1 Å². The third-order valence-corrected chi connectivity index (χ3v) is 6.28. The fraction of sp³-hybridized carbons (Fsp3) is 0.214. The van der Waals surface area contributed by atoms with Crippen LogP contribution in [-0.2, 0) is 12.0 Å². The smallest absolute Gasteiger partial charge is 0.181 e. The summed E-state index contributed by atoms with van der Waals surface area (Å²) in [5, 5.41) is 18.6. The monoisotopic (exact) mass is 477 g/mol. The Morgan fingerprint density at radius 3 is 2.53 bits per heavy atom. The summed E-state index contributed by atoms with van der Waals surface area (Å²) in [6.07, 6.45) is 5.50. The molecule has 36 heavy (non-hydrogen) atoms. The highest BCUT2D eigenvalue weighted by molar-refractivity contribution is 5.97. The van der Waals surface area contributed by atoms with Crippen LogP contribution in [0.15, 0.2) is 73.3 Å². The molecule has 0 fully saturated rings. The van der Waals surface area contributed by atoms with Gasteiger partial charge in [0.2, 0.25) is 0 Å². The first-order valence-electron chi connectivity index (χ1n) is 12.0. The molecule has 6 aromatic rings. The quantitative estimate of drug-likeness (QED) is 0.319. The minimum absolute atomic E-state index is 0.0911. The molecule has 0 aliphatic carbocycles. The van der Waals surface area contributed by atoms with Crippen LogP contribution in [0, 0.1) is 0 Å². The van der Waals surface area contributed by atoms with Crippen molar-refractivity contribution >= 4 is 21.7 Å². The average Bonchev–Trinajstić information content (AvgIpc) is 3.64. The van der Waals surface area contributed by atoms with Gasteiger partial charge in [0.15, 0.2) is 5.82 Å². The zero-order valence-corrected chi connectivity index (χ0v) is 20.5. The highest BCUT2D eigenvalue weighted by Crippen LogP contribution is 2.32. The van der Waals surface area contributed by atoms with Gasteiger partial charge in [0.1, 0.15) is 18.2 Å². The van der Waals surface area contributed by atoms with Crippen LogP contribution < -0.4 is 4.74 Å². The molecule has 0 atom stereocenters. The van der Waals surface area contributed by atoms with Crippen molar-refractivity contribution in [1.82, 2.24) is 34.9 Å². The molecule has 0 spiro atoms. The van der Waals surface area contributed by atoms with Crippen LogP contribution in [0.25, 0.3) is 44.3 Å². The predicted molar refractivity (Wildman–Crippen MR) is 141 cm³/mol. The van der Waals surface area contributed by atoms with Gasteiger partial charge < -0.3 is 9.30 Å². The van der Waals surface area contributed by atoms with Gasteiger partial charge in [-0.2, -0.15) is 10.2 Å². The molecule has 0 saturated carbocycles. The fourth-order valence-electron chi connectivity index (χ4n) is 4.25. The molecule has 0 amide bonds. The van der Waals surface area contributed by atoms with Crippen molar-refractivity contribution in [1.29, 1.82) is 0 Å². The molecule has 3 aromatic heterocycles. The van der Waals surface area contributed by atoms with Crippen LogP contribution >= 0.6 is 0 Å². The van der Waals surface area contributed by atoms with Crippen LogP contribution in [0.4, 0.5) is 0 Å². The van der Waals surface area contributed by atoms with Crippen LogP contribution in [0.5, 0.6) is 5.75 Å². The van der Waals surface area contributed by atoms with Gasteiger partial charge in [0.25, 0.3) is 0 Å². The Morgan fingerprint density at radius 2 is 1.72 bits per heavy atom. The van der Waals surface area contributed by atoms with Crippen LogP contribution in [-0.4, -0.2) is 41.5 Å². The molecule has 0 bridgehead atoms. The lowest BCUT2D eigenvalue weighted by atomic mass is 9.96. The summed E-state index contributed by atoms with van der Waals surface area (Å²) in [7, 11) is 0. The number of H-pyrrole nitrogens is 2. The molecule has 3 heterocycles. The molecular weight excluding hydrogens is 450 g/mol. The zero-order chi connectivity index (χ0) is 24.7. The molecule has 0 aliphatic heterocycles. The number of benzene rings is 3. The SMILES string of the molecule is CC(C)(C)c1nc(-c2ccc3[nH]nc(-c4ccc5cc(OCCn6ccnc6)ccc5c4)c3c2)n[nH]1. The predicted octanol–water partition coefficient (Wildman–Crippen LogP) is 5.74. The van der Waals surface area contributed by atoms with Gasteiger partial charge in [0, 0.05) is 34.3 Å². The largest absolute Gasteiger partial charge is 0.492 e. The van der Waals surface area contributed by atoms with Gasteiger partial charge in [-0.15, -0.1) is 0 Å².